The Labute approximate surface area is 137 Å². The molecule has 0 amide bonds. The van der Waals surface area contributed by atoms with Gasteiger partial charge in [0.2, 0.25) is 0 Å². The van der Waals surface area contributed by atoms with Gasteiger partial charge in [0.1, 0.15) is 5.75 Å². The summed E-state index contributed by atoms with van der Waals surface area (Å²) >= 11 is 0. The Morgan fingerprint density at radius 2 is 1.78 bits per heavy atom. The van der Waals surface area contributed by atoms with Crippen molar-refractivity contribution in [2.75, 3.05) is 11.4 Å². The van der Waals surface area contributed by atoms with Crippen molar-refractivity contribution in [1.29, 1.82) is 0 Å². The van der Waals surface area contributed by atoms with E-state index in [4.69, 9.17) is 4.74 Å². The van der Waals surface area contributed by atoms with Crippen LogP contribution in [0.3, 0.4) is 0 Å². The number of ether oxygens (including phenoxy) is 1. The molecule has 0 aliphatic carbocycles. The topological polar surface area (TPSA) is 46.6 Å². The standard InChI is InChI=1S/C18H21NO3S/c1-12-11-15-7-5-6-8-16(15)19(12)23(20,21)18-10-9-17(22-4)13(2)14(18)3/h5-10,12H,11H2,1-4H3. The average molecular weight is 331 g/mol. The maximum atomic E-state index is 13.3. The van der Waals surface area contributed by atoms with E-state index in [1.165, 1.54) is 0 Å². The molecular weight excluding hydrogens is 310 g/mol. The Bertz CT molecular complexity index is 859. The molecule has 3 rings (SSSR count). The van der Waals surface area contributed by atoms with Crippen LogP contribution in [-0.2, 0) is 16.4 Å². The molecule has 0 spiro atoms. The van der Waals surface area contributed by atoms with Crippen LogP contribution in [0.1, 0.15) is 23.6 Å². The number of hydrogen-bond donors (Lipinski definition) is 0. The van der Waals surface area contributed by atoms with E-state index in [2.05, 4.69) is 0 Å². The molecule has 1 heterocycles. The first-order valence-electron chi connectivity index (χ1n) is 7.64. The molecule has 0 bridgehead atoms. The Morgan fingerprint density at radius 1 is 1.09 bits per heavy atom. The summed E-state index contributed by atoms with van der Waals surface area (Å²) in [4.78, 5) is 0.347. The summed E-state index contributed by atoms with van der Waals surface area (Å²) in [6.07, 6.45) is 0.740. The molecular formula is C18H21NO3S. The predicted octanol–water partition coefficient (Wildman–Crippen LogP) is 3.45. The van der Waals surface area contributed by atoms with Gasteiger partial charge in [-0.15, -0.1) is 0 Å². The van der Waals surface area contributed by atoms with E-state index in [0.717, 1.165) is 28.8 Å². The SMILES string of the molecule is COc1ccc(S(=O)(=O)N2c3ccccc3CC2C)c(C)c1C. The van der Waals surface area contributed by atoms with Gasteiger partial charge in [-0.2, -0.15) is 0 Å². The minimum atomic E-state index is -3.60. The molecule has 0 fully saturated rings. The molecule has 0 radical (unpaired) electrons. The van der Waals surface area contributed by atoms with Crippen LogP contribution in [0.15, 0.2) is 41.3 Å². The Balaban J connectivity index is 2.15. The van der Waals surface area contributed by atoms with Crippen LogP contribution in [0.5, 0.6) is 5.75 Å². The fourth-order valence-electron chi connectivity index (χ4n) is 3.28. The average Bonchev–Trinajstić information content (AvgIpc) is 2.86. The lowest BCUT2D eigenvalue weighted by Gasteiger charge is -2.26. The fourth-order valence-corrected chi connectivity index (χ4v) is 5.26. The molecule has 1 unspecified atom stereocenters. The van der Waals surface area contributed by atoms with Crippen molar-refractivity contribution in [2.24, 2.45) is 0 Å². The third kappa shape index (κ3) is 2.39. The van der Waals surface area contributed by atoms with E-state index in [1.807, 2.05) is 45.0 Å². The lowest BCUT2D eigenvalue weighted by atomic mass is 10.1. The van der Waals surface area contributed by atoms with Crippen molar-refractivity contribution < 1.29 is 13.2 Å². The van der Waals surface area contributed by atoms with Crippen molar-refractivity contribution in [3.63, 3.8) is 0 Å². The molecule has 2 aromatic rings. The van der Waals surface area contributed by atoms with Crippen molar-refractivity contribution in [2.45, 2.75) is 38.1 Å². The molecule has 1 atom stereocenters. The van der Waals surface area contributed by atoms with Gasteiger partial charge in [-0.05, 0) is 62.1 Å². The van der Waals surface area contributed by atoms with Crippen LogP contribution < -0.4 is 9.04 Å². The van der Waals surface area contributed by atoms with Gasteiger partial charge in [0.05, 0.1) is 17.7 Å². The molecule has 1 aliphatic heterocycles. The maximum Gasteiger partial charge on any atom is 0.264 e. The van der Waals surface area contributed by atoms with Crippen LogP contribution in [0.25, 0.3) is 0 Å². The number of para-hydroxylation sites is 1. The summed E-state index contributed by atoms with van der Waals surface area (Å²) in [6.45, 7) is 5.66. The molecule has 4 nitrogen and oxygen atoms in total. The number of sulfonamides is 1. The first kappa shape index (κ1) is 15.9. The first-order chi connectivity index (χ1) is 10.9. The molecule has 1 aliphatic rings. The molecule has 122 valence electrons. The number of benzene rings is 2. The number of hydrogen-bond acceptors (Lipinski definition) is 3. The van der Waals surface area contributed by atoms with Gasteiger partial charge in [-0.3, -0.25) is 4.31 Å². The summed E-state index contributed by atoms with van der Waals surface area (Å²) in [5.74, 6) is 0.705. The minimum Gasteiger partial charge on any atom is -0.496 e. The van der Waals surface area contributed by atoms with Crippen LogP contribution >= 0.6 is 0 Å². The summed E-state index contributed by atoms with van der Waals surface area (Å²) < 4.78 is 33.4. The van der Waals surface area contributed by atoms with Crippen molar-refractivity contribution in [3.8, 4) is 5.75 Å². The molecule has 2 aromatic carbocycles. The summed E-state index contributed by atoms with van der Waals surface area (Å²) in [7, 11) is -2.01. The minimum absolute atomic E-state index is 0.0841. The molecule has 0 N–H and O–H groups in total. The highest BCUT2D eigenvalue weighted by molar-refractivity contribution is 7.93. The zero-order valence-electron chi connectivity index (χ0n) is 13.8. The van der Waals surface area contributed by atoms with Gasteiger partial charge >= 0.3 is 0 Å². The van der Waals surface area contributed by atoms with Crippen LogP contribution in [0, 0.1) is 13.8 Å². The zero-order valence-corrected chi connectivity index (χ0v) is 14.6. The Hall–Kier alpha value is -2.01. The van der Waals surface area contributed by atoms with Crippen molar-refractivity contribution in [3.05, 3.63) is 53.1 Å². The fraction of sp³-hybridized carbons (Fsp3) is 0.333. The maximum absolute atomic E-state index is 13.3. The Morgan fingerprint density at radius 3 is 2.48 bits per heavy atom. The largest absolute Gasteiger partial charge is 0.496 e. The van der Waals surface area contributed by atoms with Gasteiger partial charge in [0.15, 0.2) is 0 Å². The zero-order chi connectivity index (χ0) is 16.8. The molecule has 0 saturated carbocycles. The highest BCUT2D eigenvalue weighted by Crippen LogP contribution is 2.38. The van der Waals surface area contributed by atoms with E-state index in [-0.39, 0.29) is 6.04 Å². The highest BCUT2D eigenvalue weighted by Gasteiger charge is 2.36. The smallest absolute Gasteiger partial charge is 0.264 e. The van der Waals surface area contributed by atoms with Gasteiger partial charge in [0, 0.05) is 6.04 Å². The summed E-state index contributed by atoms with van der Waals surface area (Å²) in [6, 6.07) is 11.0. The summed E-state index contributed by atoms with van der Waals surface area (Å²) in [5.41, 5.74) is 3.45. The van der Waals surface area contributed by atoms with Crippen molar-refractivity contribution in [1.82, 2.24) is 0 Å². The van der Waals surface area contributed by atoms with Crippen LogP contribution in [0.2, 0.25) is 0 Å². The van der Waals surface area contributed by atoms with Crippen LogP contribution in [-0.4, -0.2) is 21.6 Å². The van der Waals surface area contributed by atoms with E-state index in [9.17, 15) is 8.42 Å². The highest BCUT2D eigenvalue weighted by atomic mass is 32.2. The molecule has 23 heavy (non-hydrogen) atoms. The van der Waals surface area contributed by atoms with Gasteiger partial charge < -0.3 is 4.74 Å². The third-order valence-corrected chi connectivity index (χ3v) is 6.66. The van der Waals surface area contributed by atoms with Gasteiger partial charge in [-0.25, -0.2) is 8.42 Å². The predicted molar refractivity (Wildman–Crippen MR) is 91.7 cm³/mol. The monoisotopic (exact) mass is 331 g/mol. The van der Waals surface area contributed by atoms with Gasteiger partial charge in [0.25, 0.3) is 10.0 Å². The van der Waals surface area contributed by atoms with Crippen LogP contribution in [0.4, 0.5) is 5.69 Å². The molecule has 5 heteroatoms. The lowest BCUT2D eigenvalue weighted by Crippen LogP contribution is -2.36. The first-order valence-corrected chi connectivity index (χ1v) is 9.08. The summed E-state index contributed by atoms with van der Waals surface area (Å²) in [5, 5.41) is 0. The lowest BCUT2D eigenvalue weighted by molar-refractivity contribution is 0.410. The number of methoxy groups -OCH3 is 1. The number of nitrogens with zero attached hydrogens (tertiary/aromatic N) is 1. The van der Waals surface area contributed by atoms with E-state index in [1.54, 1.807) is 23.5 Å². The second-order valence-corrected chi connectivity index (χ2v) is 7.78. The second-order valence-electron chi connectivity index (χ2n) is 6.00. The normalized spacial score (nSPS) is 17.2. The van der Waals surface area contributed by atoms with E-state index in [0.29, 0.717) is 10.6 Å². The van der Waals surface area contributed by atoms with E-state index < -0.39 is 10.0 Å². The molecule has 0 saturated heterocycles. The van der Waals surface area contributed by atoms with E-state index >= 15 is 0 Å². The quantitative estimate of drug-likeness (QED) is 0.865. The number of rotatable bonds is 3. The third-order valence-electron chi connectivity index (χ3n) is 4.59. The number of anilines is 1. The molecule has 0 aromatic heterocycles. The van der Waals surface area contributed by atoms with Crippen molar-refractivity contribution >= 4 is 15.7 Å². The Kier molecular flexibility index (Phi) is 3.84. The second kappa shape index (κ2) is 5.57. The van der Waals surface area contributed by atoms with Gasteiger partial charge in [-0.1, -0.05) is 18.2 Å². The number of fused-ring (bicyclic) bond motifs is 1.